The van der Waals surface area contributed by atoms with E-state index in [4.69, 9.17) is 9.47 Å². The van der Waals surface area contributed by atoms with Gasteiger partial charge in [0.15, 0.2) is 11.5 Å². The molecule has 1 aromatic carbocycles. The lowest BCUT2D eigenvalue weighted by molar-refractivity contribution is 0.0908. The molecule has 0 radical (unpaired) electrons. The lowest BCUT2D eigenvalue weighted by Crippen LogP contribution is -2.42. The fraction of sp³-hybridized carbons (Fsp3) is 0.538. The molecule has 0 aliphatic heterocycles. The van der Waals surface area contributed by atoms with Crippen LogP contribution in [0.3, 0.4) is 0 Å². The topological polar surface area (TPSA) is 84.9 Å². The molecule has 0 amide bonds. The van der Waals surface area contributed by atoms with E-state index in [2.05, 4.69) is 4.72 Å². The smallest absolute Gasteiger partial charge is 0.240 e. The zero-order valence-electron chi connectivity index (χ0n) is 12.5. The molecule has 0 saturated heterocycles. The summed E-state index contributed by atoms with van der Waals surface area (Å²) in [5.41, 5.74) is -1.11. The molecular weight excluding hydrogens is 314 g/mol. The molecule has 120 valence electrons. The maximum Gasteiger partial charge on any atom is 0.240 e. The van der Waals surface area contributed by atoms with Crippen LogP contribution >= 0.6 is 11.8 Å². The van der Waals surface area contributed by atoms with Crippen molar-refractivity contribution in [3.63, 3.8) is 0 Å². The van der Waals surface area contributed by atoms with Crippen LogP contribution in [0, 0.1) is 0 Å². The summed E-state index contributed by atoms with van der Waals surface area (Å²) < 4.78 is 37.0. The van der Waals surface area contributed by atoms with Crippen LogP contribution in [-0.2, 0) is 10.0 Å². The minimum atomic E-state index is -3.72. The largest absolute Gasteiger partial charge is 0.493 e. The summed E-state index contributed by atoms with van der Waals surface area (Å²) in [5, 5.41) is 10.0. The molecular formula is C13H21NO5S2. The van der Waals surface area contributed by atoms with Crippen molar-refractivity contribution in [1.29, 1.82) is 0 Å². The van der Waals surface area contributed by atoms with E-state index in [1.165, 1.54) is 44.2 Å². The molecule has 8 heteroatoms. The van der Waals surface area contributed by atoms with Gasteiger partial charge < -0.3 is 14.6 Å². The van der Waals surface area contributed by atoms with Gasteiger partial charge in [-0.3, -0.25) is 0 Å². The van der Waals surface area contributed by atoms with E-state index >= 15 is 0 Å². The van der Waals surface area contributed by atoms with E-state index < -0.39 is 15.6 Å². The molecule has 0 aromatic heterocycles. The maximum atomic E-state index is 12.2. The molecule has 0 spiro atoms. The lowest BCUT2D eigenvalue weighted by atomic mass is 10.1. The van der Waals surface area contributed by atoms with Crippen LogP contribution in [0.1, 0.15) is 6.92 Å². The Morgan fingerprint density at radius 2 is 1.90 bits per heavy atom. The predicted molar refractivity (Wildman–Crippen MR) is 83.7 cm³/mol. The van der Waals surface area contributed by atoms with E-state index in [-0.39, 0.29) is 11.4 Å². The van der Waals surface area contributed by atoms with Crippen LogP contribution < -0.4 is 14.2 Å². The summed E-state index contributed by atoms with van der Waals surface area (Å²) in [5.74, 6) is 1.21. The second-order valence-electron chi connectivity index (χ2n) is 4.77. The molecule has 1 unspecified atom stereocenters. The number of sulfonamides is 1. The number of nitrogens with one attached hydrogen (secondary N) is 1. The molecule has 1 atom stereocenters. The number of benzene rings is 1. The van der Waals surface area contributed by atoms with Gasteiger partial charge in [0.1, 0.15) is 0 Å². The Morgan fingerprint density at radius 3 is 2.43 bits per heavy atom. The monoisotopic (exact) mass is 335 g/mol. The van der Waals surface area contributed by atoms with Crippen molar-refractivity contribution in [3.05, 3.63) is 18.2 Å². The average Bonchev–Trinajstić information content (AvgIpc) is 2.44. The summed E-state index contributed by atoms with van der Waals surface area (Å²) in [7, 11) is -0.813. The Bertz CT molecular complexity index is 572. The average molecular weight is 335 g/mol. The number of ether oxygens (including phenoxy) is 2. The quantitative estimate of drug-likeness (QED) is 0.740. The van der Waals surface area contributed by atoms with E-state index in [0.29, 0.717) is 17.3 Å². The molecule has 2 N–H and O–H groups in total. The van der Waals surface area contributed by atoms with Crippen LogP contribution in [0.2, 0.25) is 0 Å². The third kappa shape index (κ3) is 5.06. The highest BCUT2D eigenvalue weighted by Gasteiger charge is 2.24. The Balaban J connectivity index is 2.93. The molecule has 21 heavy (non-hydrogen) atoms. The summed E-state index contributed by atoms with van der Waals surface area (Å²) in [6.45, 7) is 1.52. The summed E-state index contributed by atoms with van der Waals surface area (Å²) >= 11 is 1.44. The van der Waals surface area contributed by atoms with Gasteiger partial charge >= 0.3 is 0 Å². The van der Waals surface area contributed by atoms with Gasteiger partial charge in [-0.1, -0.05) is 0 Å². The zero-order chi connectivity index (χ0) is 16.1. The summed E-state index contributed by atoms with van der Waals surface area (Å²) in [6, 6.07) is 4.32. The maximum absolute atomic E-state index is 12.2. The van der Waals surface area contributed by atoms with Gasteiger partial charge in [0.05, 0.1) is 24.7 Å². The molecule has 0 bridgehead atoms. The minimum Gasteiger partial charge on any atom is -0.493 e. The van der Waals surface area contributed by atoms with Crippen LogP contribution in [0.5, 0.6) is 11.5 Å². The second kappa shape index (κ2) is 7.35. The van der Waals surface area contributed by atoms with Crippen molar-refractivity contribution in [1.82, 2.24) is 4.72 Å². The van der Waals surface area contributed by atoms with Gasteiger partial charge in [0, 0.05) is 18.4 Å². The zero-order valence-corrected chi connectivity index (χ0v) is 14.2. The number of thioether (sulfide) groups is 1. The fourth-order valence-electron chi connectivity index (χ4n) is 1.68. The molecule has 1 rings (SSSR count). The first-order valence-corrected chi connectivity index (χ1v) is 9.06. The molecule has 0 saturated carbocycles. The number of aliphatic hydroxyl groups is 1. The molecule has 1 aromatic rings. The van der Waals surface area contributed by atoms with E-state index in [0.717, 1.165) is 0 Å². The van der Waals surface area contributed by atoms with Gasteiger partial charge in [-0.25, -0.2) is 13.1 Å². The lowest BCUT2D eigenvalue weighted by Gasteiger charge is -2.22. The number of hydrogen-bond acceptors (Lipinski definition) is 6. The second-order valence-corrected chi connectivity index (χ2v) is 7.40. The van der Waals surface area contributed by atoms with Gasteiger partial charge in [0.2, 0.25) is 10.0 Å². The molecule has 0 aliphatic carbocycles. The Kier molecular flexibility index (Phi) is 6.33. The minimum absolute atomic E-state index is 0.0556. The summed E-state index contributed by atoms with van der Waals surface area (Å²) in [4.78, 5) is 0.0556. The van der Waals surface area contributed by atoms with E-state index in [9.17, 15) is 13.5 Å². The molecule has 0 heterocycles. The number of hydrogen-bond donors (Lipinski definition) is 2. The molecule has 6 nitrogen and oxygen atoms in total. The van der Waals surface area contributed by atoms with Gasteiger partial charge in [-0.2, -0.15) is 11.8 Å². The van der Waals surface area contributed by atoms with Crippen molar-refractivity contribution in [3.8, 4) is 11.5 Å². The molecule has 0 fully saturated rings. The highest BCUT2D eigenvalue weighted by molar-refractivity contribution is 7.98. The normalized spacial score (nSPS) is 14.5. The van der Waals surface area contributed by atoms with Crippen LogP contribution in [-0.4, -0.2) is 51.9 Å². The predicted octanol–water partition coefficient (Wildman–Crippen LogP) is 1.10. The van der Waals surface area contributed by atoms with Gasteiger partial charge in [-0.05, 0) is 25.3 Å². The highest BCUT2D eigenvalue weighted by Crippen LogP contribution is 2.29. The Morgan fingerprint density at radius 1 is 1.29 bits per heavy atom. The number of rotatable bonds is 8. The number of methoxy groups -OCH3 is 2. The van der Waals surface area contributed by atoms with Crippen LogP contribution in [0.25, 0.3) is 0 Å². The van der Waals surface area contributed by atoms with Crippen LogP contribution in [0.15, 0.2) is 23.1 Å². The summed E-state index contributed by atoms with van der Waals surface area (Å²) in [6.07, 6.45) is 1.84. The van der Waals surface area contributed by atoms with Crippen molar-refractivity contribution < 1.29 is 23.0 Å². The van der Waals surface area contributed by atoms with Crippen LogP contribution in [0.4, 0.5) is 0 Å². The van der Waals surface area contributed by atoms with Crippen molar-refractivity contribution in [2.24, 2.45) is 0 Å². The van der Waals surface area contributed by atoms with Gasteiger partial charge in [0.25, 0.3) is 0 Å². The SMILES string of the molecule is COc1ccc(S(=O)(=O)NCC(C)(O)CSC)cc1OC. The van der Waals surface area contributed by atoms with E-state index in [1.54, 1.807) is 6.92 Å². The standard InChI is InChI=1S/C13H21NO5S2/c1-13(15,9-20-4)8-14-21(16,17)10-5-6-11(18-2)12(7-10)19-3/h5-7,14-15H,8-9H2,1-4H3. The first-order valence-electron chi connectivity index (χ1n) is 6.19. The Hall–Kier alpha value is -0.960. The third-order valence-electron chi connectivity index (χ3n) is 2.76. The highest BCUT2D eigenvalue weighted by atomic mass is 32.2. The van der Waals surface area contributed by atoms with E-state index in [1.807, 2.05) is 6.26 Å². The Labute approximate surface area is 129 Å². The van der Waals surface area contributed by atoms with Crippen molar-refractivity contribution in [2.45, 2.75) is 17.4 Å². The van der Waals surface area contributed by atoms with Gasteiger partial charge in [-0.15, -0.1) is 0 Å². The first-order chi connectivity index (χ1) is 9.75. The third-order valence-corrected chi connectivity index (χ3v) is 5.07. The van der Waals surface area contributed by atoms with Crippen molar-refractivity contribution in [2.75, 3.05) is 32.8 Å². The molecule has 0 aliphatic rings. The van der Waals surface area contributed by atoms with Crippen molar-refractivity contribution >= 4 is 21.8 Å². The first kappa shape index (κ1) is 18.1. The fourth-order valence-corrected chi connectivity index (χ4v) is 3.58.